The van der Waals surface area contributed by atoms with Crippen LogP contribution < -0.4 is 0 Å². The van der Waals surface area contributed by atoms with Gasteiger partial charge in [0.05, 0.1) is 16.4 Å². The Morgan fingerprint density at radius 1 is 1.03 bits per heavy atom. The number of Topliss-reactive ketones (excluding diaryl/α,β-unsaturated/α-hetero) is 4. The second-order valence-electron chi connectivity index (χ2n) is 8.04. The fraction of sp³-hybridized carbons (Fsp3) is 0.400. The summed E-state index contributed by atoms with van der Waals surface area (Å²) in [6, 6.07) is 3.79. The summed E-state index contributed by atoms with van der Waals surface area (Å²) in [6.07, 6.45) is -3.76. The van der Waals surface area contributed by atoms with E-state index in [1.54, 1.807) is 0 Å². The van der Waals surface area contributed by atoms with Crippen LogP contribution in [0.5, 0.6) is 0 Å². The summed E-state index contributed by atoms with van der Waals surface area (Å²) < 4.78 is 40.8. The van der Waals surface area contributed by atoms with Gasteiger partial charge in [0.2, 0.25) is 0 Å². The second kappa shape index (κ2) is 6.27. The van der Waals surface area contributed by atoms with E-state index in [1.165, 1.54) is 46.0 Å². The molecule has 0 spiro atoms. The molecule has 0 bridgehead atoms. The first kappa shape index (κ1) is 20.8. The summed E-state index contributed by atoms with van der Waals surface area (Å²) in [5.74, 6) is -6.05. The van der Waals surface area contributed by atoms with Crippen LogP contribution in [0.4, 0.5) is 13.2 Å². The molecule has 0 aromatic carbocycles. The van der Waals surface area contributed by atoms with Crippen molar-refractivity contribution in [3.05, 3.63) is 35.7 Å². The summed E-state index contributed by atoms with van der Waals surface area (Å²) in [6.45, 7) is 5.05. The van der Waals surface area contributed by atoms with Gasteiger partial charge < -0.3 is 0 Å². The topological polar surface area (TPSA) is 94.1 Å². The summed E-state index contributed by atoms with van der Waals surface area (Å²) in [5, 5.41) is 0.147. The van der Waals surface area contributed by atoms with Crippen LogP contribution in [0.1, 0.15) is 43.7 Å². The number of carbonyl (C=O) groups is 4. The Bertz CT molecular complexity index is 1060. The zero-order valence-electron chi connectivity index (χ0n) is 16.0. The van der Waals surface area contributed by atoms with Gasteiger partial charge in [0.1, 0.15) is 5.92 Å². The van der Waals surface area contributed by atoms with Crippen molar-refractivity contribution in [1.82, 2.24) is 9.97 Å². The Morgan fingerprint density at radius 2 is 1.59 bits per heavy atom. The Morgan fingerprint density at radius 3 is 2.10 bits per heavy atom. The van der Waals surface area contributed by atoms with E-state index in [-0.39, 0.29) is 11.0 Å². The second-order valence-corrected chi connectivity index (χ2v) is 8.04. The van der Waals surface area contributed by atoms with E-state index in [1.807, 2.05) is 0 Å². The van der Waals surface area contributed by atoms with Crippen LogP contribution in [0, 0.1) is 16.7 Å². The molecule has 0 amide bonds. The molecular weight excluding hydrogens is 389 g/mol. The van der Waals surface area contributed by atoms with Crippen molar-refractivity contribution in [3.63, 3.8) is 0 Å². The van der Waals surface area contributed by atoms with Gasteiger partial charge in [0, 0.05) is 11.6 Å². The van der Waals surface area contributed by atoms with E-state index < -0.39 is 57.3 Å². The van der Waals surface area contributed by atoms with Gasteiger partial charge in [-0.25, -0.2) is 9.97 Å². The molecule has 1 aliphatic carbocycles. The molecule has 0 atom stereocenters. The average Bonchev–Trinajstić information content (AvgIpc) is 2.64. The molecular formula is C20H17F3N2O4. The third-order valence-corrected chi connectivity index (χ3v) is 5.28. The third kappa shape index (κ3) is 3.04. The lowest BCUT2D eigenvalue weighted by Crippen LogP contribution is -2.59. The molecule has 0 unspecified atom stereocenters. The highest BCUT2D eigenvalue weighted by Crippen LogP contribution is 2.43. The van der Waals surface area contributed by atoms with Gasteiger partial charge >= 0.3 is 6.18 Å². The van der Waals surface area contributed by atoms with Crippen molar-refractivity contribution >= 4 is 34.2 Å². The lowest BCUT2D eigenvalue weighted by Gasteiger charge is -2.40. The number of pyridine rings is 2. The summed E-state index contributed by atoms with van der Waals surface area (Å²) in [4.78, 5) is 58.5. The predicted octanol–water partition coefficient (Wildman–Crippen LogP) is 3.22. The van der Waals surface area contributed by atoms with Crippen molar-refractivity contribution in [1.29, 1.82) is 0 Å². The van der Waals surface area contributed by atoms with Crippen molar-refractivity contribution in [3.8, 4) is 0 Å². The molecule has 1 saturated carbocycles. The quantitative estimate of drug-likeness (QED) is 0.562. The lowest BCUT2D eigenvalue weighted by atomic mass is 9.57. The van der Waals surface area contributed by atoms with Gasteiger partial charge in [-0.2, -0.15) is 13.2 Å². The molecule has 0 aliphatic heterocycles. The van der Waals surface area contributed by atoms with Gasteiger partial charge in [0.15, 0.2) is 34.5 Å². The van der Waals surface area contributed by atoms with E-state index in [4.69, 9.17) is 0 Å². The molecule has 9 heteroatoms. The number of nitrogens with zero attached hydrogens (tertiary/aromatic N) is 2. The molecule has 0 N–H and O–H groups in total. The first-order valence-corrected chi connectivity index (χ1v) is 8.71. The molecule has 0 radical (unpaired) electrons. The van der Waals surface area contributed by atoms with Crippen LogP contribution in [-0.4, -0.2) is 33.1 Å². The number of hydrogen-bond acceptors (Lipinski definition) is 6. The zero-order valence-corrected chi connectivity index (χ0v) is 16.0. The number of alkyl halides is 3. The fourth-order valence-corrected chi connectivity index (χ4v) is 3.65. The fourth-order valence-electron chi connectivity index (χ4n) is 3.65. The van der Waals surface area contributed by atoms with Gasteiger partial charge in [0.25, 0.3) is 0 Å². The van der Waals surface area contributed by atoms with E-state index >= 15 is 0 Å². The molecule has 152 valence electrons. The van der Waals surface area contributed by atoms with E-state index in [0.29, 0.717) is 0 Å². The van der Waals surface area contributed by atoms with E-state index in [2.05, 4.69) is 9.97 Å². The SMILES string of the molecule is CC1(C)C(=O)C(C(=O)c2cc3cccnc3nc2C(F)(F)F)C(=O)C(C)(C)C1=O. The predicted molar refractivity (Wildman–Crippen MR) is 94.9 cm³/mol. The molecule has 1 fully saturated rings. The molecule has 2 aromatic heterocycles. The first-order chi connectivity index (χ1) is 13.2. The number of rotatable bonds is 2. The number of halogens is 3. The first-order valence-electron chi connectivity index (χ1n) is 8.71. The van der Waals surface area contributed by atoms with Crippen LogP contribution in [0.25, 0.3) is 11.0 Å². The maximum Gasteiger partial charge on any atom is 0.434 e. The highest BCUT2D eigenvalue weighted by Gasteiger charge is 2.60. The highest BCUT2D eigenvalue weighted by molar-refractivity contribution is 6.37. The lowest BCUT2D eigenvalue weighted by molar-refractivity contribution is -0.158. The molecule has 2 aromatic rings. The summed E-state index contributed by atoms with van der Waals surface area (Å²) in [5.41, 5.74) is -6.04. The van der Waals surface area contributed by atoms with Crippen molar-refractivity contribution < 1.29 is 32.3 Å². The maximum atomic E-state index is 13.6. The largest absolute Gasteiger partial charge is 0.434 e. The van der Waals surface area contributed by atoms with Gasteiger partial charge in [-0.1, -0.05) is 0 Å². The van der Waals surface area contributed by atoms with Crippen LogP contribution >= 0.6 is 0 Å². The van der Waals surface area contributed by atoms with Crippen LogP contribution in [0.2, 0.25) is 0 Å². The Hall–Kier alpha value is -2.97. The zero-order chi connectivity index (χ0) is 21.9. The Labute approximate surface area is 163 Å². The normalized spacial score (nSPS) is 19.6. The van der Waals surface area contributed by atoms with Crippen molar-refractivity contribution in [2.75, 3.05) is 0 Å². The van der Waals surface area contributed by atoms with Crippen LogP contribution in [-0.2, 0) is 20.6 Å². The van der Waals surface area contributed by atoms with E-state index in [0.717, 1.165) is 6.07 Å². The number of hydrogen-bond donors (Lipinski definition) is 0. The molecule has 3 rings (SSSR count). The van der Waals surface area contributed by atoms with Crippen LogP contribution in [0.3, 0.4) is 0 Å². The molecule has 29 heavy (non-hydrogen) atoms. The Balaban J connectivity index is 2.24. The minimum atomic E-state index is -5.02. The molecule has 1 aliphatic rings. The van der Waals surface area contributed by atoms with Gasteiger partial charge in [-0.15, -0.1) is 0 Å². The highest BCUT2D eigenvalue weighted by atomic mass is 19.4. The summed E-state index contributed by atoms with van der Waals surface area (Å²) >= 11 is 0. The van der Waals surface area contributed by atoms with Gasteiger partial charge in [-0.3, -0.25) is 19.2 Å². The minimum Gasteiger partial charge on any atom is -0.297 e. The number of carbonyl (C=O) groups excluding carboxylic acids is 4. The number of aromatic nitrogens is 2. The standard InChI is InChI=1S/C20H17F3N2O4/c1-18(2)14(27)11(15(28)19(3,4)17(18)29)12(26)10-8-9-6-5-7-24-16(9)25-13(10)20(21,22)23/h5-8,11H,1-4H3. The number of fused-ring (bicyclic) bond motifs is 1. The third-order valence-electron chi connectivity index (χ3n) is 5.28. The molecule has 2 heterocycles. The van der Waals surface area contributed by atoms with Crippen molar-refractivity contribution in [2.45, 2.75) is 33.9 Å². The smallest absolute Gasteiger partial charge is 0.297 e. The van der Waals surface area contributed by atoms with Crippen LogP contribution in [0.15, 0.2) is 24.4 Å². The maximum absolute atomic E-state index is 13.6. The van der Waals surface area contributed by atoms with E-state index in [9.17, 15) is 32.3 Å². The van der Waals surface area contributed by atoms with Gasteiger partial charge in [-0.05, 0) is 45.9 Å². The minimum absolute atomic E-state index is 0.147. The average molecular weight is 406 g/mol. The Kier molecular flexibility index (Phi) is 4.48. The molecule has 0 saturated heterocycles. The summed E-state index contributed by atoms with van der Waals surface area (Å²) in [7, 11) is 0. The number of ketones is 4. The molecule has 6 nitrogen and oxygen atoms in total. The van der Waals surface area contributed by atoms with Crippen molar-refractivity contribution in [2.24, 2.45) is 16.7 Å². The monoisotopic (exact) mass is 406 g/mol.